The molecule has 148 valence electrons. The highest BCUT2D eigenvalue weighted by molar-refractivity contribution is 8.00. The molecule has 0 N–H and O–H groups in total. The second-order valence-corrected chi connectivity index (χ2v) is 8.12. The van der Waals surface area contributed by atoms with E-state index >= 15 is 0 Å². The Bertz CT molecular complexity index is 1040. The summed E-state index contributed by atoms with van der Waals surface area (Å²) >= 11 is 1.62. The van der Waals surface area contributed by atoms with Crippen LogP contribution in [0.25, 0.3) is 11.7 Å². The van der Waals surface area contributed by atoms with Gasteiger partial charge in [0.05, 0.1) is 6.26 Å². The Kier molecular flexibility index (Phi) is 4.39. The number of nitrogens with zero attached hydrogens (tertiary/aromatic N) is 3. The van der Waals surface area contributed by atoms with E-state index in [-0.39, 0.29) is 24.3 Å². The van der Waals surface area contributed by atoms with Crippen LogP contribution in [-0.2, 0) is 25.8 Å². The van der Waals surface area contributed by atoms with Gasteiger partial charge in [0.1, 0.15) is 10.9 Å². The number of thioether (sulfide) groups is 1. The lowest BCUT2D eigenvalue weighted by molar-refractivity contribution is -0.155. The van der Waals surface area contributed by atoms with E-state index in [0.717, 1.165) is 5.56 Å². The summed E-state index contributed by atoms with van der Waals surface area (Å²) in [5, 5.41) is 7.75. The SMILES string of the molecule is O=C(OCc1nnc(-c2ccco2)o1)[C@@H]1CS[C@]2(c3ccccc3)CCC(=O)N12. The molecule has 0 saturated carbocycles. The number of amides is 1. The van der Waals surface area contributed by atoms with Crippen LogP contribution in [0.1, 0.15) is 24.3 Å². The fraction of sp³-hybridized carbons (Fsp3) is 0.300. The highest BCUT2D eigenvalue weighted by Crippen LogP contribution is 2.54. The van der Waals surface area contributed by atoms with E-state index in [1.807, 2.05) is 30.3 Å². The summed E-state index contributed by atoms with van der Waals surface area (Å²) in [5.74, 6) is 0.813. The highest BCUT2D eigenvalue weighted by atomic mass is 32.2. The lowest BCUT2D eigenvalue weighted by Gasteiger charge is -2.33. The average Bonchev–Trinajstić information content (AvgIpc) is 3.52. The van der Waals surface area contributed by atoms with E-state index in [4.69, 9.17) is 13.6 Å². The van der Waals surface area contributed by atoms with Gasteiger partial charge in [-0.3, -0.25) is 4.79 Å². The summed E-state index contributed by atoms with van der Waals surface area (Å²) < 4.78 is 16.1. The van der Waals surface area contributed by atoms with Gasteiger partial charge in [0.25, 0.3) is 11.8 Å². The average molecular weight is 411 g/mol. The van der Waals surface area contributed by atoms with Crippen LogP contribution in [0.3, 0.4) is 0 Å². The maximum atomic E-state index is 12.8. The first-order chi connectivity index (χ1) is 14.2. The van der Waals surface area contributed by atoms with E-state index in [9.17, 15) is 9.59 Å². The molecule has 1 aromatic carbocycles. The molecule has 0 aliphatic carbocycles. The van der Waals surface area contributed by atoms with Gasteiger partial charge in [0.2, 0.25) is 5.91 Å². The van der Waals surface area contributed by atoms with E-state index in [0.29, 0.717) is 24.4 Å². The van der Waals surface area contributed by atoms with Crippen molar-refractivity contribution in [3.8, 4) is 11.7 Å². The van der Waals surface area contributed by atoms with E-state index in [1.165, 1.54) is 6.26 Å². The fourth-order valence-corrected chi connectivity index (χ4v) is 5.49. The lowest BCUT2D eigenvalue weighted by atomic mass is 10.0. The number of fused-ring (bicyclic) bond motifs is 1. The smallest absolute Gasteiger partial charge is 0.330 e. The Labute approximate surface area is 170 Å². The van der Waals surface area contributed by atoms with Crippen LogP contribution < -0.4 is 0 Å². The molecule has 2 aliphatic rings. The van der Waals surface area contributed by atoms with Crippen molar-refractivity contribution in [2.75, 3.05) is 5.75 Å². The Hall–Kier alpha value is -3.07. The van der Waals surface area contributed by atoms with Crippen LogP contribution in [-0.4, -0.2) is 38.8 Å². The van der Waals surface area contributed by atoms with Crippen LogP contribution >= 0.6 is 11.8 Å². The van der Waals surface area contributed by atoms with Gasteiger partial charge in [0, 0.05) is 12.2 Å². The Balaban J connectivity index is 1.30. The van der Waals surface area contributed by atoms with Crippen LogP contribution in [0.4, 0.5) is 0 Å². The molecule has 2 atom stereocenters. The van der Waals surface area contributed by atoms with E-state index < -0.39 is 16.9 Å². The van der Waals surface area contributed by atoms with Gasteiger partial charge < -0.3 is 18.5 Å². The van der Waals surface area contributed by atoms with Gasteiger partial charge >= 0.3 is 5.97 Å². The van der Waals surface area contributed by atoms with Crippen molar-refractivity contribution in [2.24, 2.45) is 0 Å². The van der Waals surface area contributed by atoms with E-state index in [1.54, 1.807) is 28.8 Å². The molecule has 4 heterocycles. The highest BCUT2D eigenvalue weighted by Gasteiger charge is 2.57. The maximum Gasteiger partial charge on any atom is 0.330 e. The molecule has 5 rings (SSSR count). The molecule has 2 saturated heterocycles. The van der Waals surface area contributed by atoms with Gasteiger partial charge in [-0.15, -0.1) is 22.0 Å². The van der Waals surface area contributed by atoms with Crippen molar-refractivity contribution in [1.29, 1.82) is 0 Å². The first-order valence-electron chi connectivity index (χ1n) is 9.22. The minimum atomic E-state index is -0.636. The Morgan fingerprint density at radius 1 is 1.24 bits per heavy atom. The quantitative estimate of drug-likeness (QED) is 0.591. The molecule has 29 heavy (non-hydrogen) atoms. The minimum Gasteiger partial charge on any atom is -0.459 e. The monoisotopic (exact) mass is 411 g/mol. The summed E-state index contributed by atoms with van der Waals surface area (Å²) in [6, 6.07) is 12.6. The van der Waals surface area contributed by atoms with Crippen LogP contribution in [0.2, 0.25) is 0 Å². The Morgan fingerprint density at radius 3 is 2.90 bits per heavy atom. The second-order valence-electron chi connectivity index (χ2n) is 6.83. The predicted octanol–water partition coefficient (Wildman–Crippen LogP) is 2.96. The van der Waals surface area contributed by atoms with Gasteiger partial charge in [0.15, 0.2) is 12.4 Å². The second kappa shape index (κ2) is 7.07. The third-order valence-corrected chi connectivity index (χ3v) is 6.76. The molecule has 0 radical (unpaired) electrons. The topological polar surface area (TPSA) is 98.7 Å². The van der Waals surface area contributed by atoms with E-state index in [2.05, 4.69) is 10.2 Å². The number of hydrogen-bond acceptors (Lipinski definition) is 8. The Morgan fingerprint density at radius 2 is 2.10 bits per heavy atom. The summed E-state index contributed by atoms with van der Waals surface area (Å²) in [4.78, 5) is 26.6. The molecule has 2 aliphatic heterocycles. The summed E-state index contributed by atoms with van der Waals surface area (Å²) in [6.07, 6.45) is 2.60. The molecule has 9 heteroatoms. The van der Waals surface area contributed by atoms with Gasteiger partial charge in [-0.05, 0) is 24.1 Å². The van der Waals surface area contributed by atoms with Crippen molar-refractivity contribution in [1.82, 2.24) is 15.1 Å². The summed E-state index contributed by atoms with van der Waals surface area (Å²) in [7, 11) is 0. The molecule has 2 fully saturated rings. The first-order valence-corrected chi connectivity index (χ1v) is 10.2. The lowest BCUT2D eigenvalue weighted by Crippen LogP contribution is -2.46. The molecule has 0 bridgehead atoms. The zero-order valence-corrected chi connectivity index (χ0v) is 16.1. The predicted molar refractivity (Wildman–Crippen MR) is 102 cm³/mol. The summed E-state index contributed by atoms with van der Waals surface area (Å²) in [6.45, 7) is -0.159. The number of furan rings is 1. The number of benzene rings is 1. The van der Waals surface area contributed by atoms with Crippen molar-refractivity contribution >= 4 is 23.6 Å². The number of carbonyl (C=O) groups excluding carboxylic acids is 2. The molecule has 3 aromatic rings. The van der Waals surface area contributed by atoms with Gasteiger partial charge in [-0.25, -0.2) is 4.79 Å². The third-order valence-electron chi connectivity index (χ3n) is 5.16. The van der Waals surface area contributed by atoms with Gasteiger partial charge in [-0.2, -0.15) is 0 Å². The van der Waals surface area contributed by atoms with Crippen molar-refractivity contribution in [3.05, 3.63) is 60.2 Å². The van der Waals surface area contributed by atoms with Crippen molar-refractivity contribution in [3.63, 3.8) is 0 Å². The normalized spacial score (nSPS) is 23.4. The maximum absolute atomic E-state index is 12.8. The number of hydrogen-bond donors (Lipinski definition) is 0. The molecular formula is C20H17N3O5S. The molecular weight excluding hydrogens is 394 g/mol. The standard InChI is InChI=1S/C20H17N3O5S/c24-17-8-9-20(13-5-2-1-3-6-13)23(17)14(12-29-20)19(25)27-11-16-21-22-18(28-16)15-7-4-10-26-15/h1-7,10,14H,8-9,11-12H2/t14-,20-/m0/s1. The van der Waals surface area contributed by atoms with Crippen LogP contribution in [0.15, 0.2) is 57.6 Å². The summed E-state index contributed by atoms with van der Waals surface area (Å²) in [5.41, 5.74) is 1.03. The largest absolute Gasteiger partial charge is 0.459 e. The van der Waals surface area contributed by atoms with Crippen LogP contribution in [0, 0.1) is 0 Å². The number of rotatable bonds is 5. The minimum absolute atomic E-state index is 0.0290. The van der Waals surface area contributed by atoms with Crippen LogP contribution in [0.5, 0.6) is 0 Å². The number of esters is 1. The molecule has 0 spiro atoms. The fourth-order valence-electron chi connectivity index (χ4n) is 3.86. The van der Waals surface area contributed by atoms with Crippen molar-refractivity contribution < 1.29 is 23.2 Å². The number of aromatic nitrogens is 2. The van der Waals surface area contributed by atoms with Crippen molar-refractivity contribution in [2.45, 2.75) is 30.4 Å². The number of ether oxygens (including phenoxy) is 1. The van der Waals surface area contributed by atoms with Gasteiger partial charge in [-0.1, -0.05) is 30.3 Å². The number of carbonyl (C=O) groups is 2. The zero-order chi connectivity index (χ0) is 19.8. The molecule has 8 nitrogen and oxygen atoms in total. The first kappa shape index (κ1) is 18.0. The third kappa shape index (κ3) is 3.02. The molecule has 2 aromatic heterocycles. The molecule has 0 unspecified atom stereocenters. The zero-order valence-electron chi connectivity index (χ0n) is 15.3. The molecule has 1 amide bonds.